The number of morpholine rings is 1. The Morgan fingerprint density at radius 3 is 2.40 bits per heavy atom. The molecule has 9 nitrogen and oxygen atoms in total. The van der Waals surface area contributed by atoms with Gasteiger partial charge in [-0.15, -0.1) is 0 Å². The van der Waals surface area contributed by atoms with Crippen LogP contribution in [0.25, 0.3) is 11.1 Å². The molecular formula is C31H33Cl2N3O6S. The Bertz CT molecular complexity index is 1610. The molecule has 1 saturated heterocycles. The summed E-state index contributed by atoms with van der Waals surface area (Å²) >= 11 is 12.4. The Morgan fingerprint density at radius 1 is 1.00 bits per heavy atom. The lowest BCUT2D eigenvalue weighted by Crippen LogP contribution is -2.53. The van der Waals surface area contributed by atoms with Crippen LogP contribution in [0.1, 0.15) is 25.5 Å². The highest BCUT2D eigenvalue weighted by atomic mass is 35.5. The summed E-state index contributed by atoms with van der Waals surface area (Å²) in [6.45, 7) is 6.26. The Kier molecular flexibility index (Phi) is 9.63. The molecule has 2 atom stereocenters. The molecule has 1 fully saturated rings. The molecule has 0 radical (unpaired) electrons. The maximum atomic E-state index is 13.8. The van der Waals surface area contributed by atoms with Crippen molar-refractivity contribution in [3.05, 3.63) is 76.3 Å². The van der Waals surface area contributed by atoms with Crippen molar-refractivity contribution in [2.75, 3.05) is 50.1 Å². The molecule has 3 aromatic rings. The molecule has 228 valence electrons. The predicted octanol–water partition coefficient (Wildman–Crippen LogP) is 4.76. The third-order valence-corrected chi connectivity index (χ3v) is 10.2. The summed E-state index contributed by atoms with van der Waals surface area (Å²) in [5, 5.41) is 3.72. The molecular weight excluding hydrogens is 613 g/mol. The highest BCUT2D eigenvalue weighted by Crippen LogP contribution is 2.39. The molecule has 3 aromatic carbocycles. The number of rotatable bonds is 9. The van der Waals surface area contributed by atoms with Gasteiger partial charge in [-0.2, -0.15) is 0 Å². The van der Waals surface area contributed by atoms with Crippen molar-refractivity contribution >= 4 is 50.5 Å². The number of anilines is 1. The van der Waals surface area contributed by atoms with E-state index in [0.29, 0.717) is 36.2 Å². The van der Waals surface area contributed by atoms with E-state index < -0.39 is 21.9 Å². The third kappa shape index (κ3) is 6.99. The second-order valence-corrected chi connectivity index (χ2v) is 13.6. The van der Waals surface area contributed by atoms with Gasteiger partial charge in [0.1, 0.15) is 11.8 Å². The van der Waals surface area contributed by atoms with Gasteiger partial charge < -0.3 is 14.8 Å². The minimum Gasteiger partial charge on any atom is -0.482 e. The number of nitrogens with one attached hydrogen (secondary N) is 1. The maximum Gasteiger partial charge on any atom is 0.265 e. The van der Waals surface area contributed by atoms with Gasteiger partial charge in [0.05, 0.1) is 45.6 Å². The van der Waals surface area contributed by atoms with E-state index >= 15 is 0 Å². The summed E-state index contributed by atoms with van der Waals surface area (Å²) in [6.07, 6.45) is 0. The number of ether oxygens (including phenoxy) is 2. The van der Waals surface area contributed by atoms with E-state index in [2.05, 4.69) is 10.2 Å². The summed E-state index contributed by atoms with van der Waals surface area (Å²) < 4.78 is 35.6. The number of carbonyl (C=O) groups is 2. The predicted molar refractivity (Wildman–Crippen MR) is 167 cm³/mol. The van der Waals surface area contributed by atoms with Crippen LogP contribution in [0.5, 0.6) is 5.75 Å². The van der Waals surface area contributed by atoms with E-state index in [1.807, 2.05) is 24.3 Å². The molecule has 0 bridgehead atoms. The van der Waals surface area contributed by atoms with Gasteiger partial charge in [0, 0.05) is 25.7 Å². The molecule has 5 rings (SSSR count). The molecule has 2 unspecified atom stereocenters. The van der Waals surface area contributed by atoms with Crippen LogP contribution >= 0.6 is 23.2 Å². The van der Waals surface area contributed by atoms with Gasteiger partial charge >= 0.3 is 0 Å². The van der Waals surface area contributed by atoms with Gasteiger partial charge in [-0.25, -0.2) is 8.42 Å². The molecule has 0 saturated carbocycles. The van der Waals surface area contributed by atoms with Crippen LogP contribution in [0.15, 0.2) is 65.6 Å². The number of hydrogen-bond donors (Lipinski definition) is 1. The first-order chi connectivity index (χ1) is 20.6. The second kappa shape index (κ2) is 13.2. The van der Waals surface area contributed by atoms with Gasteiger partial charge in [-0.3, -0.25) is 19.4 Å². The third-order valence-electron chi connectivity index (χ3n) is 7.72. The van der Waals surface area contributed by atoms with Crippen LogP contribution in [-0.4, -0.2) is 76.4 Å². The molecule has 12 heteroatoms. The second-order valence-electron chi connectivity index (χ2n) is 10.5. The molecule has 2 heterocycles. The summed E-state index contributed by atoms with van der Waals surface area (Å²) in [5.74, 6) is -0.297. The number of carbonyl (C=O) groups excluding carboxylic acids is 2. The van der Waals surface area contributed by atoms with Crippen LogP contribution in [-0.2, 0) is 24.2 Å². The van der Waals surface area contributed by atoms with Crippen molar-refractivity contribution in [3.8, 4) is 16.9 Å². The molecule has 2 aliphatic rings. The van der Waals surface area contributed by atoms with Gasteiger partial charge in [-0.1, -0.05) is 60.5 Å². The molecule has 0 aromatic heterocycles. The Morgan fingerprint density at radius 2 is 1.70 bits per heavy atom. The summed E-state index contributed by atoms with van der Waals surface area (Å²) in [7, 11) is -3.31. The largest absolute Gasteiger partial charge is 0.482 e. The van der Waals surface area contributed by atoms with E-state index in [-0.39, 0.29) is 34.1 Å². The van der Waals surface area contributed by atoms with Crippen molar-refractivity contribution in [1.82, 2.24) is 10.2 Å². The minimum absolute atomic E-state index is 0.0333. The normalized spacial score (nSPS) is 17.1. The van der Waals surface area contributed by atoms with E-state index in [1.54, 1.807) is 44.2 Å². The van der Waals surface area contributed by atoms with Crippen molar-refractivity contribution < 1.29 is 27.5 Å². The fourth-order valence-corrected chi connectivity index (χ4v) is 6.43. The zero-order chi connectivity index (χ0) is 30.7. The van der Waals surface area contributed by atoms with Gasteiger partial charge in [0.2, 0.25) is 5.91 Å². The number of amides is 2. The zero-order valence-electron chi connectivity index (χ0n) is 23.9. The van der Waals surface area contributed by atoms with Gasteiger partial charge in [0.25, 0.3) is 5.91 Å². The van der Waals surface area contributed by atoms with Crippen LogP contribution < -0.4 is 15.0 Å². The molecule has 1 N–H and O–H groups in total. The Balaban J connectivity index is 1.42. The SMILES string of the molecule is CCS(=O)(=O)c1ccc(-c2cccc(C(CN3CCOCC3)NC(=O)C(C)N3C(=O)COc4cc(Cl)c(Cl)cc43)c2)cc1. The quantitative estimate of drug-likeness (QED) is 0.358. The minimum atomic E-state index is -3.31. The van der Waals surface area contributed by atoms with Gasteiger partial charge in [0.15, 0.2) is 16.4 Å². The molecule has 0 aliphatic carbocycles. The first-order valence-electron chi connectivity index (χ1n) is 14.0. The van der Waals surface area contributed by atoms with E-state index in [1.165, 1.54) is 11.0 Å². The van der Waals surface area contributed by atoms with Crippen molar-refractivity contribution in [2.45, 2.75) is 30.8 Å². The van der Waals surface area contributed by atoms with Gasteiger partial charge in [-0.05, 0) is 47.9 Å². The smallest absolute Gasteiger partial charge is 0.265 e. The molecule has 2 aliphatic heterocycles. The summed E-state index contributed by atoms with van der Waals surface area (Å²) in [6, 6.07) is 16.4. The average Bonchev–Trinajstić information content (AvgIpc) is 3.02. The molecule has 0 spiro atoms. The standard InChI is InChI=1S/C31H33Cl2N3O6S/c1-3-43(39,40)24-9-7-21(8-10-24)22-5-4-6-23(15-22)27(18-35-11-13-41-14-12-35)34-31(38)20(2)36-28-16-25(32)26(33)17-29(28)42-19-30(36)37/h4-10,15-17,20,27H,3,11-14,18-19H2,1-2H3,(H,34,38). The summed E-state index contributed by atoms with van der Waals surface area (Å²) in [5.41, 5.74) is 3.00. The highest BCUT2D eigenvalue weighted by molar-refractivity contribution is 7.91. The van der Waals surface area contributed by atoms with E-state index in [0.717, 1.165) is 29.8 Å². The molecule has 43 heavy (non-hydrogen) atoms. The van der Waals surface area contributed by atoms with Crippen molar-refractivity contribution in [2.24, 2.45) is 0 Å². The van der Waals surface area contributed by atoms with E-state index in [9.17, 15) is 18.0 Å². The number of benzene rings is 3. The zero-order valence-corrected chi connectivity index (χ0v) is 26.2. The lowest BCUT2D eigenvalue weighted by Gasteiger charge is -2.35. The number of halogens is 2. The fourth-order valence-electron chi connectivity index (χ4n) is 5.23. The average molecular weight is 647 g/mol. The number of fused-ring (bicyclic) bond motifs is 1. The van der Waals surface area contributed by atoms with E-state index in [4.69, 9.17) is 32.7 Å². The first kappa shape index (κ1) is 31.3. The Hall–Kier alpha value is -3.15. The highest BCUT2D eigenvalue weighted by Gasteiger charge is 2.35. The van der Waals surface area contributed by atoms with Crippen molar-refractivity contribution in [1.29, 1.82) is 0 Å². The fraction of sp³-hybridized carbons (Fsp3) is 0.355. The van der Waals surface area contributed by atoms with Crippen LogP contribution in [0.2, 0.25) is 10.0 Å². The summed E-state index contributed by atoms with van der Waals surface area (Å²) in [4.78, 5) is 30.7. The maximum absolute atomic E-state index is 13.8. The van der Waals surface area contributed by atoms with Crippen LogP contribution in [0.3, 0.4) is 0 Å². The number of nitrogens with zero attached hydrogens (tertiary/aromatic N) is 2. The lowest BCUT2D eigenvalue weighted by molar-refractivity contribution is -0.128. The first-order valence-corrected chi connectivity index (χ1v) is 16.5. The monoisotopic (exact) mass is 645 g/mol. The van der Waals surface area contributed by atoms with Crippen molar-refractivity contribution in [3.63, 3.8) is 0 Å². The number of hydrogen-bond acceptors (Lipinski definition) is 7. The Labute approximate surface area is 261 Å². The topological polar surface area (TPSA) is 105 Å². The van der Waals surface area contributed by atoms with Crippen LogP contribution in [0, 0.1) is 0 Å². The lowest BCUT2D eigenvalue weighted by atomic mass is 9.98. The van der Waals surface area contributed by atoms with Crippen LogP contribution in [0.4, 0.5) is 5.69 Å². The number of sulfone groups is 1. The molecule has 2 amide bonds.